The molecule has 0 aliphatic carbocycles. The topological polar surface area (TPSA) is 64.6 Å². The van der Waals surface area contributed by atoms with Crippen LogP contribution in [0, 0.1) is 0 Å². The van der Waals surface area contributed by atoms with E-state index in [9.17, 15) is 9.59 Å². The van der Waals surface area contributed by atoms with E-state index in [1.165, 1.54) is 0 Å². The van der Waals surface area contributed by atoms with Crippen molar-refractivity contribution in [3.63, 3.8) is 0 Å². The highest BCUT2D eigenvalue weighted by atomic mass is 35.5. The molecule has 0 aromatic carbocycles. The standard InChI is InChI=1S/C11H18ClNO4/c1-7(2)8(9(14)16-6-12)13-10(15)17-11(3,4)5/h6H2,1-5H3,(H,13,15). The van der Waals surface area contributed by atoms with E-state index in [-0.39, 0.29) is 11.8 Å². The molecule has 0 saturated heterocycles. The number of allylic oxidation sites excluding steroid dienone is 1. The third-order valence-electron chi connectivity index (χ3n) is 1.52. The second kappa shape index (κ2) is 6.49. The van der Waals surface area contributed by atoms with Crippen LogP contribution in [-0.2, 0) is 14.3 Å². The van der Waals surface area contributed by atoms with Crippen molar-refractivity contribution >= 4 is 23.7 Å². The summed E-state index contributed by atoms with van der Waals surface area (Å²) in [4.78, 5) is 22.9. The van der Waals surface area contributed by atoms with Crippen LogP contribution in [0.4, 0.5) is 4.79 Å². The van der Waals surface area contributed by atoms with Crippen LogP contribution in [0.2, 0.25) is 0 Å². The molecule has 0 aliphatic heterocycles. The number of carbonyl (C=O) groups is 2. The van der Waals surface area contributed by atoms with E-state index in [1.807, 2.05) is 0 Å². The van der Waals surface area contributed by atoms with E-state index in [1.54, 1.807) is 34.6 Å². The van der Waals surface area contributed by atoms with E-state index >= 15 is 0 Å². The fourth-order valence-electron chi connectivity index (χ4n) is 0.908. The largest absolute Gasteiger partial charge is 0.445 e. The SMILES string of the molecule is CC(C)=C(NC(=O)OC(C)(C)C)C(=O)OCCl. The van der Waals surface area contributed by atoms with Crippen LogP contribution >= 0.6 is 11.6 Å². The van der Waals surface area contributed by atoms with Gasteiger partial charge in [-0.2, -0.15) is 0 Å². The summed E-state index contributed by atoms with van der Waals surface area (Å²) in [5.74, 6) is -0.689. The van der Waals surface area contributed by atoms with Crippen molar-refractivity contribution in [1.82, 2.24) is 5.32 Å². The molecular weight excluding hydrogens is 246 g/mol. The Kier molecular flexibility index (Phi) is 6.02. The molecule has 0 saturated carbocycles. The van der Waals surface area contributed by atoms with Crippen LogP contribution in [0.25, 0.3) is 0 Å². The number of carbonyl (C=O) groups excluding carboxylic acids is 2. The molecule has 0 aliphatic rings. The first-order chi connectivity index (χ1) is 7.67. The molecule has 0 unspecified atom stereocenters. The molecule has 1 amide bonds. The fourth-order valence-corrected chi connectivity index (χ4v) is 1.01. The molecule has 0 atom stereocenters. The lowest BCUT2D eigenvalue weighted by Gasteiger charge is -2.20. The zero-order valence-electron chi connectivity index (χ0n) is 10.7. The minimum absolute atomic E-state index is 0.0416. The molecule has 0 spiro atoms. The van der Waals surface area contributed by atoms with Gasteiger partial charge >= 0.3 is 12.1 Å². The van der Waals surface area contributed by atoms with Crippen LogP contribution in [0.5, 0.6) is 0 Å². The van der Waals surface area contributed by atoms with Gasteiger partial charge in [0, 0.05) is 0 Å². The number of halogens is 1. The van der Waals surface area contributed by atoms with Gasteiger partial charge in [-0.1, -0.05) is 11.6 Å². The molecule has 5 nitrogen and oxygen atoms in total. The second-order valence-electron chi connectivity index (χ2n) is 4.54. The highest BCUT2D eigenvalue weighted by Crippen LogP contribution is 2.09. The summed E-state index contributed by atoms with van der Waals surface area (Å²) in [5, 5.41) is 2.34. The van der Waals surface area contributed by atoms with Crippen LogP contribution in [0.15, 0.2) is 11.3 Å². The molecule has 1 N–H and O–H groups in total. The molecule has 0 aromatic heterocycles. The lowest BCUT2D eigenvalue weighted by molar-refractivity contribution is -0.137. The Morgan fingerprint density at radius 3 is 2.12 bits per heavy atom. The molecule has 98 valence electrons. The minimum Gasteiger partial charge on any atom is -0.445 e. The lowest BCUT2D eigenvalue weighted by Crippen LogP contribution is -2.35. The zero-order valence-corrected chi connectivity index (χ0v) is 11.5. The minimum atomic E-state index is -0.708. The Labute approximate surface area is 106 Å². The number of hydrogen-bond donors (Lipinski definition) is 1. The molecule has 0 heterocycles. The number of alkyl carbamates (subject to hydrolysis) is 1. The summed E-state index contributed by atoms with van der Waals surface area (Å²) in [6.45, 7) is 8.52. The second-order valence-corrected chi connectivity index (χ2v) is 4.76. The van der Waals surface area contributed by atoms with Crippen LogP contribution in [0.1, 0.15) is 34.6 Å². The fraction of sp³-hybridized carbons (Fsp3) is 0.636. The summed E-state index contributed by atoms with van der Waals surface area (Å²) >= 11 is 5.28. The lowest BCUT2D eigenvalue weighted by atomic mass is 10.2. The van der Waals surface area contributed by atoms with Crippen LogP contribution in [0.3, 0.4) is 0 Å². The maximum Gasteiger partial charge on any atom is 0.412 e. The normalized spacial score (nSPS) is 10.5. The number of esters is 1. The smallest absolute Gasteiger partial charge is 0.412 e. The number of rotatable bonds is 3. The predicted molar refractivity (Wildman–Crippen MR) is 64.6 cm³/mol. The van der Waals surface area contributed by atoms with Gasteiger partial charge in [-0.05, 0) is 40.2 Å². The number of amides is 1. The van der Waals surface area contributed by atoms with Crippen molar-refractivity contribution in [3.8, 4) is 0 Å². The predicted octanol–water partition coefficient (Wildman–Crippen LogP) is 2.54. The third kappa shape index (κ3) is 6.84. The molecule has 0 aromatic rings. The van der Waals surface area contributed by atoms with Gasteiger partial charge in [0.1, 0.15) is 11.3 Å². The van der Waals surface area contributed by atoms with Crippen molar-refractivity contribution in [2.75, 3.05) is 6.07 Å². The first kappa shape index (κ1) is 15.8. The van der Waals surface area contributed by atoms with Crippen molar-refractivity contribution in [3.05, 3.63) is 11.3 Å². The van der Waals surface area contributed by atoms with E-state index in [4.69, 9.17) is 16.3 Å². The number of alkyl halides is 1. The molecule has 6 heteroatoms. The van der Waals surface area contributed by atoms with Gasteiger partial charge in [0.05, 0.1) is 0 Å². The average molecular weight is 264 g/mol. The van der Waals surface area contributed by atoms with Crippen LogP contribution < -0.4 is 5.32 Å². The first-order valence-corrected chi connectivity index (χ1v) is 5.61. The van der Waals surface area contributed by atoms with Gasteiger partial charge in [-0.3, -0.25) is 5.32 Å². The third-order valence-corrected chi connectivity index (χ3v) is 1.62. The summed E-state index contributed by atoms with van der Waals surface area (Å²) in [7, 11) is 0. The Morgan fingerprint density at radius 2 is 1.76 bits per heavy atom. The number of hydrogen-bond acceptors (Lipinski definition) is 4. The van der Waals surface area contributed by atoms with Crippen molar-refractivity contribution in [1.29, 1.82) is 0 Å². The molecule has 17 heavy (non-hydrogen) atoms. The van der Waals surface area contributed by atoms with Gasteiger partial charge in [-0.15, -0.1) is 0 Å². The zero-order chi connectivity index (χ0) is 13.6. The first-order valence-electron chi connectivity index (χ1n) is 5.08. The monoisotopic (exact) mass is 263 g/mol. The van der Waals surface area contributed by atoms with E-state index in [0.29, 0.717) is 5.57 Å². The molecular formula is C11H18ClNO4. The molecule has 0 fully saturated rings. The van der Waals surface area contributed by atoms with Crippen molar-refractivity contribution < 1.29 is 19.1 Å². The van der Waals surface area contributed by atoms with Gasteiger partial charge in [-0.25, -0.2) is 9.59 Å². The van der Waals surface area contributed by atoms with E-state index in [2.05, 4.69) is 10.1 Å². The van der Waals surface area contributed by atoms with Gasteiger partial charge in [0.15, 0.2) is 6.07 Å². The average Bonchev–Trinajstić information content (AvgIpc) is 2.11. The Morgan fingerprint density at radius 1 is 1.24 bits per heavy atom. The quantitative estimate of drug-likeness (QED) is 0.483. The molecule has 0 radical (unpaired) electrons. The summed E-state index contributed by atoms with van der Waals surface area (Å²) in [6, 6.07) is -0.272. The maximum absolute atomic E-state index is 11.5. The Bertz CT molecular complexity index is 327. The van der Waals surface area contributed by atoms with Gasteiger partial charge in [0.2, 0.25) is 0 Å². The van der Waals surface area contributed by atoms with Gasteiger partial charge < -0.3 is 9.47 Å². The summed E-state index contributed by atoms with van der Waals surface area (Å²) < 4.78 is 9.62. The van der Waals surface area contributed by atoms with Gasteiger partial charge in [0.25, 0.3) is 0 Å². The van der Waals surface area contributed by atoms with Crippen LogP contribution in [-0.4, -0.2) is 23.7 Å². The summed E-state index contributed by atoms with van der Waals surface area (Å²) in [5.41, 5.74) is 0.0126. The Hall–Kier alpha value is -1.23. The van der Waals surface area contributed by atoms with E-state index in [0.717, 1.165) is 0 Å². The number of ether oxygens (including phenoxy) is 2. The maximum atomic E-state index is 11.5. The highest BCUT2D eigenvalue weighted by Gasteiger charge is 2.20. The molecule has 0 bridgehead atoms. The Balaban J connectivity index is 4.65. The number of nitrogens with one attached hydrogen (secondary N) is 1. The van der Waals surface area contributed by atoms with Crippen molar-refractivity contribution in [2.45, 2.75) is 40.2 Å². The van der Waals surface area contributed by atoms with E-state index < -0.39 is 17.7 Å². The van der Waals surface area contributed by atoms with Crippen molar-refractivity contribution in [2.24, 2.45) is 0 Å². The summed E-state index contributed by atoms with van der Waals surface area (Å²) in [6.07, 6.45) is -0.708. The molecule has 0 rings (SSSR count). The highest BCUT2D eigenvalue weighted by molar-refractivity contribution is 6.17.